The van der Waals surface area contributed by atoms with Crippen molar-refractivity contribution >= 4 is 68.5 Å². The number of nitrogens with zero attached hydrogens (tertiary/aromatic N) is 6. The number of carbonyl (C=O) groups excluding carboxylic acids is 1. The van der Waals surface area contributed by atoms with E-state index in [9.17, 15) is 9.18 Å². The Bertz CT molecular complexity index is 2410. The average molecular weight is 999 g/mol. The largest absolute Gasteiger partial charge is 0.494 e. The van der Waals surface area contributed by atoms with Crippen LogP contribution in [0.25, 0.3) is 11.1 Å². The highest BCUT2D eigenvalue weighted by molar-refractivity contribution is 9.10. The van der Waals surface area contributed by atoms with Crippen LogP contribution in [0.1, 0.15) is 98.5 Å². The number of aliphatic imine (C=N–C) groups is 1. The minimum absolute atomic E-state index is 0.116. The molecule has 14 heteroatoms. The number of piperazine rings is 1. The van der Waals surface area contributed by atoms with Crippen molar-refractivity contribution in [1.29, 1.82) is 0 Å². The van der Waals surface area contributed by atoms with Crippen LogP contribution < -0.4 is 15.8 Å². The van der Waals surface area contributed by atoms with Gasteiger partial charge in [0.2, 0.25) is 0 Å². The number of hydrogen-bond acceptors (Lipinski definition) is 8. The Labute approximate surface area is 407 Å². The Morgan fingerprint density at radius 1 is 0.894 bits per heavy atom. The topological polar surface area (TPSA) is 104 Å². The molecule has 0 spiro atoms. The first-order chi connectivity index (χ1) is 32.2. The summed E-state index contributed by atoms with van der Waals surface area (Å²) < 4.78 is 23.6. The first-order valence-corrected chi connectivity index (χ1v) is 25.1. The summed E-state index contributed by atoms with van der Waals surface area (Å²) in [6.45, 7) is 7.29. The summed E-state index contributed by atoms with van der Waals surface area (Å²) in [5, 5.41) is 9.93. The van der Waals surface area contributed by atoms with Crippen LogP contribution in [0.3, 0.4) is 0 Å². The molecule has 4 aromatic carbocycles. The Kier molecular flexibility index (Phi) is 17.0. The molecule has 2 aliphatic heterocycles. The van der Waals surface area contributed by atoms with E-state index in [1.54, 1.807) is 6.07 Å². The molecule has 1 unspecified atom stereocenters. The van der Waals surface area contributed by atoms with Crippen molar-refractivity contribution in [3.8, 4) is 16.9 Å². The van der Waals surface area contributed by atoms with Crippen LogP contribution in [-0.4, -0.2) is 89.1 Å². The molecule has 5 aromatic rings. The summed E-state index contributed by atoms with van der Waals surface area (Å²) in [5.74, 6) is 1.03. The van der Waals surface area contributed by atoms with Crippen LogP contribution in [0.15, 0.2) is 112 Å². The van der Waals surface area contributed by atoms with Crippen molar-refractivity contribution in [2.24, 2.45) is 15.8 Å². The minimum Gasteiger partial charge on any atom is -0.494 e. The molecule has 1 atom stereocenters. The summed E-state index contributed by atoms with van der Waals surface area (Å²) in [6, 6.07) is 29.5. The maximum atomic E-state index is 14.2. The van der Waals surface area contributed by atoms with Gasteiger partial charge in [-0.1, -0.05) is 108 Å². The van der Waals surface area contributed by atoms with Crippen molar-refractivity contribution in [2.75, 3.05) is 57.2 Å². The molecule has 3 heterocycles. The second-order valence-electron chi connectivity index (χ2n) is 17.6. The number of halogens is 4. The molecule has 1 aromatic heterocycles. The van der Waals surface area contributed by atoms with Crippen LogP contribution in [0.4, 0.5) is 15.9 Å². The number of nitrogens with two attached hydrogens (primary N) is 1. The van der Waals surface area contributed by atoms with E-state index in [-0.39, 0.29) is 24.5 Å². The minimum atomic E-state index is -0.415. The SMILES string of the molecule is NCNc1c(C=Nc2cc(F)cc(Cl)c2)c(-c2ccc(CN3CCN(CCCCCCOc4ccc(C5CC(c6ccc(Br)cc6)=NN5C(=O)CCl)cc4)CC3)cc2)cn1C1CCCCC1. The lowest BCUT2D eigenvalue weighted by atomic mass is 9.95. The van der Waals surface area contributed by atoms with E-state index in [1.165, 1.54) is 54.8 Å². The average Bonchev–Trinajstić information content (AvgIpc) is 3.94. The normalized spacial score (nSPS) is 17.4. The number of hydrazone groups is 1. The number of anilines is 1. The number of amides is 1. The third-order valence-electron chi connectivity index (χ3n) is 13.0. The first kappa shape index (κ1) is 47.9. The Balaban J connectivity index is 0.768. The van der Waals surface area contributed by atoms with Gasteiger partial charge < -0.3 is 25.3 Å². The van der Waals surface area contributed by atoms with Crippen molar-refractivity contribution < 1.29 is 13.9 Å². The smallest absolute Gasteiger partial charge is 0.258 e. The summed E-state index contributed by atoms with van der Waals surface area (Å²) in [5.41, 5.74) is 13.8. The van der Waals surface area contributed by atoms with Crippen molar-refractivity contribution in [2.45, 2.75) is 82.8 Å². The van der Waals surface area contributed by atoms with Crippen LogP contribution >= 0.6 is 39.1 Å². The highest BCUT2D eigenvalue weighted by Crippen LogP contribution is 2.39. The number of rotatable bonds is 19. The van der Waals surface area contributed by atoms with Gasteiger partial charge in [-0.15, -0.1) is 11.6 Å². The van der Waals surface area contributed by atoms with Crippen LogP contribution in [-0.2, 0) is 11.3 Å². The van der Waals surface area contributed by atoms with E-state index in [2.05, 4.69) is 76.2 Å². The van der Waals surface area contributed by atoms with Crippen LogP contribution in [0, 0.1) is 5.82 Å². The molecule has 10 nitrogen and oxygen atoms in total. The first-order valence-electron chi connectivity index (χ1n) is 23.4. The fourth-order valence-electron chi connectivity index (χ4n) is 9.45. The maximum Gasteiger partial charge on any atom is 0.258 e. The number of nitrogens with one attached hydrogen (secondary N) is 1. The molecule has 3 aliphatic rings. The van der Waals surface area contributed by atoms with E-state index in [4.69, 9.17) is 33.7 Å². The molecule has 0 radical (unpaired) electrons. The lowest BCUT2D eigenvalue weighted by Crippen LogP contribution is -2.46. The molecular weight excluding hydrogens is 938 g/mol. The lowest BCUT2D eigenvalue weighted by molar-refractivity contribution is -0.130. The van der Waals surface area contributed by atoms with E-state index in [0.29, 0.717) is 29.8 Å². The molecule has 66 heavy (non-hydrogen) atoms. The summed E-state index contributed by atoms with van der Waals surface area (Å²) in [6.07, 6.45) is 15.1. The zero-order valence-electron chi connectivity index (χ0n) is 37.5. The highest BCUT2D eigenvalue weighted by atomic mass is 79.9. The predicted molar refractivity (Wildman–Crippen MR) is 271 cm³/mol. The molecule has 1 aliphatic carbocycles. The molecule has 1 saturated heterocycles. The Hall–Kier alpha value is -4.56. The highest BCUT2D eigenvalue weighted by Gasteiger charge is 2.33. The molecule has 0 bridgehead atoms. The lowest BCUT2D eigenvalue weighted by Gasteiger charge is -2.34. The van der Waals surface area contributed by atoms with Crippen molar-refractivity contribution in [3.63, 3.8) is 0 Å². The van der Waals surface area contributed by atoms with Crippen LogP contribution in [0.5, 0.6) is 5.75 Å². The molecule has 2 fully saturated rings. The van der Waals surface area contributed by atoms with Gasteiger partial charge in [0.05, 0.1) is 30.7 Å². The van der Waals surface area contributed by atoms with Gasteiger partial charge >= 0.3 is 0 Å². The standard InChI is InChI=1S/C52H60BrCl2FN8O2/c53-41-18-14-39(15-19-41)49-31-50(64(60-49)51(65)32-54)40-16-20-46(21-17-40)66-27-7-2-1-6-22-61-23-25-62(26-24-61)34-37-10-12-38(13-11-37)48-35-63(45-8-4-3-5-9-45)52(59-36-57)47(48)33-58-44-29-42(55)28-43(56)30-44/h10-21,28-30,33,35,45,50,59H,1-9,22-27,31-32,34,36,57H2. The predicted octanol–water partition coefficient (Wildman–Crippen LogP) is 12.0. The second-order valence-corrected chi connectivity index (χ2v) is 19.2. The Morgan fingerprint density at radius 2 is 1.61 bits per heavy atom. The third-order valence-corrected chi connectivity index (χ3v) is 14.0. The number of unbranched alkanes of at least 4 members (excludes halogenated alkanes) is 3. The van der Waals surface area contributed by atoms with E-state index in [0.717, 1.165) is 115 Å². The zero-order chi connectivity index (χ0) is 45.8. The number of alkyl halides is 1. The van der Waals surface area contributed by atoms with E-state index < -0.39 is 5.82 Å². The van der Waals surface area contributed by atoms with Gasteiger partial charge in [-0.3, -0.25) is 14.7 Å². The zero-order valence-corrected chi connectivity index (χ0v) is 40.6. The van der Waals surface area contributed by atoms with Gasteiger partial charge in [-0.25, -0.2) is 9.40 Å². The van der Waals surface area contributed by atoms with E-state index >= 15 is 0 Å². The monoisotopic (exact) mass is 996 g/mol. The Morgan fingerprint density at radius 3 is 2.32 bits per heavy atom. The van der Waals surface area contributed by atoms with Gasteiger partial charge in [0.15, 0.2) is 0 Å². The summed E-state index contributed by atoms with van der Waals surface area (Å²) in [4.78, 5) is 22.5. The second kappa shape index (κ2) is 23.4. The van der Waals surface area contributed by atoms with Gasteiger partial charge in [0.25, 0.3) is 5.91 Å². The fraction of sp³-hybridized carbons (Fsp3) is 0.404. The van der Waals surface area contributed by atoms with Crippen molar-refractivity contribution in [1.82, 2.24) is 19.4 Å². The number of hydrogen-bond donors (Lipinski definition) is 2. The number of benzene rings is 4. The summed E-state index contributed by atoms with van der Waals surface area (Å²) in [7, 11) is 0. The fourth-order valence-corrected chi connectivity index (χ4v) is 10.1. The maximum absolute atomic E-state index is 14.2. The number of aromatic nitrogens is 1. The molecule has 8 rings (SSSR count). The molecule has 1 amide bonds. The van der Waals surface area contributed by atoms with Gasteiger partial charge in [-0.2, -0.15) is 5.10 Å². The molecule has 3 N–H and O–H groups in total. The number of carbonyl (C=O) groups is 1. The van der Waals surface area contributed by atoms with Crippen molar-refractivity contribution in [3.05, 3.63) is 135 Å². The van der Waals surface area contributed by atoms with Gasteiger partial charge in [0, 0.05) is 78.2 Å². The molecule has 1 saturated carbocycles. The van der Waals surface area contributed by atoms with Gasteiger partial charge in [0.1, 0.15) is 23.3 Å². The number of ether oxygens (including phenoxy) is 1. The molecule has 348 valence electrons. The van der Waals surface area contributed by atoms with E-state index in [1.807, 2.05) is 54.7 Å². The summed E-state index contributed by atoms with van der Waals surface area (Å²) >= 11 is 15.6. The van der Waals surface area contributed by atoms with Gasteiger partial charge in [-0.05, 0) is 96.9 Å². The molecular formula is C52H60BrCl2FN8O2. The quantitative estimate of drug-likeness (QED) is 0.0370. The van der Waals surface area contributed by atoms with Crippen LogP contribution in [0.2, 0.25) is 5.02 Å². The third kappa shape index (κ3) is 12.5.